The number of halogens is 1. The van der Waals surface area contributed by atoms with E-state index in [-0.39, 0.29) is 23.4 Å². The highest BCUT2D eigenvalue weighted by molar-refractivity contribution is 5.39. The molecule has 2 atom stereocenters. The molecule has 0 amide bonds. The lowest BCUT2D eigenvalue weighted by Gasteiger charge is -2.57. The number of rotatable bonds is 4. The Bertz CT molecular complexity index is 463. The third-order valence-corrected chi connectivity index (χ3v) is 4.65. The van der Waals surface area contributed by atoms with Crippen molar-refractivity contribution in [3.8, 4) is 0 Å². The molecular weight excluding hydrogens is 259 g/mol. The van der Waals surface area contributed by atoms with Crippen LogP contribution in [0, 0.1) is 11.2 Å². The normalized spacial score (nSPS) is 28.1. The Morgan fingerprint density at radius 1 is 1.50 bits per heavy atom. The summed E-state index contributed by atoms with van der Waals surface area (Å²) in [5.74, 6) is 0.0490. The summed E-state index contributed by atoms with van der Waals surface area (Å²) in [5, 5.41) is 3.27. The van der Waals surface area contributed by atoms with Crippen LogP contribution < -0.4 is 5.32 Å². The quantitative estimate of drug-likeness (QED) is 0.920. The molecule has 2 fully saturated rings. The second kappa shape index (κ2) is 5.66. The van der Waals surface area contributed by atoms with Gasteiger partial charge in [0.05, 0.1) is 6.10 Å². The molecule has 20 heavy (non-hydrogen) atoms. The molecule has 0 unspecified atom stereocenters. The first kappa shape index (κ1) is 13.8. The average molecular weight is 280 g/mol. The number of nitrogens with one attached hydrogen (secondary N) is 1. The van der Waals surface area contributed by atoms with Crippen LogP contribution in [0.15, 0.2) is 18.3 Å². The Morgan fingerprint density at radius 3 is 3.00 bits per heavy atom. The van der Waals surface area contributed by atoms with E-state index in [0.29, 0.717) is 5.82 Å². The number of hydrogen-bond donors (Lipinski definition) is 1. The van der Waals surface area contributed by atoms with E-state index in [1.54, 1.807) is 12.3 Å². The maximum Gasteiger partial charge on any atom is 0.165 e. The van der Waals surface area contributed by atoms with Gasteiger partial charge in [-0.3, -0.25) is 0 Å². The van der Waals surface area contributed by atoms with Crippen molar-refractivity contribution < 1.29 is 13.9 Å². The molecule has 1 N–H and O–H groups in total. The summed E-state index contributed by atoms with van der Waals surface area (Å²) >= 11 is 0. The zero-order valence-corrected chi connectivity index (χ0v) is 11.8. The molecule has 1 aliphatic heterocycles. The molecule has 110 valence electrons. The van der Waals surface area contributed by atoms with Gasteiger partial charge in [-0.25, -0.2) is 9.37 Å². The zero-order chi connectivity index (χ0) is 14.0. The Morgan fingerprint density at radius 2 is 2.30 bits per heavy atom. The number of pyridine rings is 1. The SMILES string of the molecule is CCO[C@@H]1C[C@@H](Nc2ncccc2F)C12CCOCC2. The molecule has 0 radical (unpaired) electrons. The Hall–Kier alpha value is -1.20. The highest BCUT2D eigenvalue weighted by Gasteiger charge is 2.56. The lowest BCUT2D eigenvalue weighted by atomic mass is 9.57. The Labute approximate surface area is 118 Å². The van der Waals surface area contributed by atoms with Gasteiger partial charge in [0.15, 0.2) is 11.6 Å². The van der Waals surface area contributed by atoms with Gasteiger partial charge in [-0.2, -0.15) is 0 Å². The van der Waals surface area contributed by atoms with Gasteiger partial charge in [0.25, 0.3) is 0 Å². The van der Waals surface area contributed by atoms with Gasteiger partial charge in [-0.05, 0) is 38.3 Å². The summed E-state index contributed by atoms with van der Waals surface area (Å²) in [6.45, 7) is 4.25. The monoisotopic (exact) mass is 280 g/mol. The topological polar surface area (TPSA) is 43.4 Å². The van der Waals surface area contributed by atoms with Gasteiger partial charge in [-0.15, -0.1) is 0 Å². The number of ether oxygens (including phenoxy) is 2. The van der Waals surface area contributed by atoms with Gasteiger partial charge >= 0.3 is 0 Å². The molecule has 1 saturated carbocycles. The van der Waals surface area contributed by atoms with Gasteiger partial charge in [-0.1, -0.05) is 0 Å². The molecule has 1 aromatic rings. The highest BCUT2D eigenvalue weighted by Crippen LogP contribution is 2.51. The van der Waals surface area contributed by atoms with Crippen LogP contribution in [0.5, 0.6) is 0 Å². The van der Waals surface area contributed by atoms with Crippen molar-refractivity contribution in [1.82, 2.24) is 4.98 Å². The third kappa shape index (κ3) is 2.29. The van der Waals surface area contributed by atoms with E-state index in [1.165, 1.54) is 6.07 Å². The van der Waals surface area contributed by atoms with Crippen LogP contribution in [0.4, 0.5) is 10.2 Å². The average Bonchev–Trinajstić information content (AvgIpc) is 2.49. The summed E-state index contributed by atoms with van der Waals surface area (Å²) in [7, 11) is 0. The summed E-state index contributed by atoms with van der Waals surface area (Å²) in [6, 6.07) is 3.26. The van der Waals surface area contributed by atoms with Crippen LogP contribution in [-0.4, -0.2) is 37.0 Å². The Kier molecular flexibility index (Phi) is 3.89. The predicted molar refractivity (Wildman–Crippen MR) is 74.1 cm³/mol. The van der Waals surface area contributed by atoms with E-state index in [9.17, 15) is 4.39 Å². The van der Waals surface area contributed by atoms with Crippen LogP contribution in [0.25, 0.3) is 0 Å². The molecule has 1 spiro atoms. The maximum atomic E-state index is 13.7. The van der Waals surface area contributed by atoms with Gasteiger partial charge in [0, 0.05) is 37.5 Å². The minimum atomic E-state index is -0.297. The van der Waals surface area contributed by atoms with Crippen molar-refractivity contribution in [2.24, 2.45) is 5.41 Å². The number of aromatic nitrogens is 1. The first-order valence-corrected chi connectivity index (χ1v) is 7.32. The minimum Gasteiger partial charge on any atom is -0.381 e. The van der Waals surface area contributed by atoms with Crippen LogP contribution in [0.3, 0.4) is 0 Å². The summed E-state index contributed by atoms with van der Waals surface area (Å²) < 4.78 is 25.1. The van der Waals surface area contributed by atoms with Crippen molar-refractivity contribution >= 4 is 5.82 Å². The van der Waals surface area contributed by atoms with Crippen molar-refractivity contribution in [3.05, 3.63) is 24.1 Å². The molecule has 2 heterocycles. The molecule has 1 aliphatic carbocycles. The number of nitrogens with zero attached hydrogens (tertiary/aromatic N) is 1. The Balaban J connectivity index is 1.75. The van der Waals surface area contributed by atoms with E-state index in [2.05, 4.69) is 10.3 Å². The second-order valence-corrected chi connectivity index (χ2v) is 5.56. The van der Waals surface area contributed by atoms with Crippen LogP contribution >= 0.6 is 0 Å². The molecule has 0 aromatic carbocycles. The van der Waals surface area contributed by atoms with E-state index in [4.69, 9.17) is 9.47 Å². The third-order valence-electron chi connectivity index (χ3n) is 4.65. The van der Waals surface area contributed by atoms with E-state index >= 15 is 0 Å². The lowest BCUT2D eigenvalue weighted by molar-refractivity contribution is -0.159. The molecule has 5 heteroatoms. The van der Waals surface area contributed by atoms with Crippen LogP contribution in [0.2, 0.25) is 0 Å². The van der Waals surface area contributed by atoms with Crippen molar-refractivity contribution in [3.63, 3.8) is 0 Å². The van der Waals surface area contributed by atoms with E-state index in [0.717, 1.165) is 39.1 Å². The van der Waals surface area contributed by atoms with Crippen molar-refractivity contribution in [2.45, 2.75) is 38.3 Å². The van der Waals surface area contributed by atoms with E-state index < -0.39 is 0 Å². The fourth-order valence-electron chi connectivity index (χ4n) is 3.46. The molecule has 4 nitrogen and oxygen atoms in total. The summed E-state index contributed by atoms with van der Waals surface area (Å²) in [5.41, 5.74) is 0.0677. The zero-order valence-electron chi connectivity index (χ0n) is 11.8. The van der Waals surface area contributed by atoms with Gasteiger partial charge in [0.1, 0.15) is 0 Å². The van der Waals surface area contributed by atoms with Gasteiger partial charge in [0.2, 0.25) is 0 Å². The van der Waals surface area contributed by atoms with Gasteiger partial charge < -0.3 is 14.8 Å². The first-order valence-electron chi connectivity index (χ1n) is 7.32. The fraction of sp³-hybridized carbons (Fsp3) is 0.667. The van der Waals surface area contributed by atoms with Crippen molar-refractivity contribution in [2.75, 3.05) is 25.1 Å². The maximum absolute atomic E-state index is 13.7. The predicted octanol–water partition coefficient (Wildman–Crippen LogP) is 2.61. The fourth-order valence-corrected chi connectivity index (χ4v) is 3.46. The molecule has 3 rings (SSSR count). The minimum absolute atomic E-state index is 0.0677. The lowest BCUT2D eigenvalue weighted by Crippen LogP contribution is -2.63. The standard InChI is InChI=1S/C15H21FN2O2/c1-2-20-13-10-12(15(13)5-8-19-9-6-15)18-14-11(16)4-3-7-17-14/h3-4,7,12-13H,2,5-6,8-10H2,1H3,(H,17,18)/t12-,13-/m1/s1. The van der Waals surface area contributed by atoms with Crippen LogP contribution in [-0.2, 0) is 9.47 Å². The first-order chi connectivity index (χ1) is 9.76. The number of anilines is 1. The van der Waals surface area contributed by atoms with E-state index in [1.807, 2.05) is 6.92 Å². The molecule has 0 bridgehead atoms. The summed E-state index contributed by atoms with van der Waals surface area (Å²) in [4.78, 5) is 4.09. The van der Waals surface area contributed by atoms with Crippen molar-refractivity contribution in [1.29, 1.82) is 0 Å². The molecule has 1 saturated heterocycles. The highest BCUT2D eigenvalue weighted by atomic mass is 19.1. The smallest absolute Gasteiger partial charge is 0.165 e. The second-order valence-electron chi connectivity index (χ2n) is 5.56. The van der Waals surface area contributed by atoms with Crippen LogP contribution in [0.1, 0.15) is 26.2 Å². The molecule has 1 aromatic heterocycles. The molecular formula is C15H21FN2O2. The molecule has 2 aliphatic rings. The summed E-state index contributed by atoms with van der Waals surface area (Å²) in [6.07, 6.45) is 4.69. The number of hydrogen-bond acceptors (Lipinski definition) is 4. The largest absolute Gasteiger partial charge is 0.381 e.